The van der Waals surface area contributed by atoms with E-state index in [0.29, 0.717) is 6.54 Å². The lowest BCUT2D eigenvalue weighted by atomic mass is 10.2. The zero-order valence-corrected chi connectivity index (χ0v) is 13.5. The highest BCUT2D eigenvalue weighted by molar-refractivity contribution is 7.80. The molecule has 0 aromatic heterocycles. The number of hydrogen-bond acceptors (Lipinski definition) is 6. The molecule has 1 saturated heterocycles. The maximum absolute atomic E-state index is 11.9. The van der Waals surface area contributed by atoms with Crippen LogP contribution in [0.4, 0.5) is 5.69 Å². The van der Waals surface area contributed by atoms with E-state index in [1.54, 1.807) is 0 Å². The van der Waals surface area contributed by atoms with Crippen molar-refractivity contribution in [2.45, 2.75) is 18.9 Å². The molecular formula is C13H14ClN4O4S-. The summed E-state index contributed by atoms with van der Waals surface area (Å²) in [5.41, 5.74) is 1.93. The molecule has 0 amide bonds. The van der Waals surface area contributed by atoms with Gasteiger partial charge in [0.2, 0.25) is 0 Å². The number of thiocarbonyl (C=S) groups is 1. The second-order valence-corrected chi connectivity index (χ2v) is 5.66. The van der Waals surface area contributed by atoms with Crippen LogP contribution >= 0.6 is 23.8 Å². The van der Waals surface area contributed by atoms with Gasteiger partial charge in [-0.25, -0.2) is 0 Å². The lowest BCUT2D eigenvalue weighted by Crippen LogP contribution is -2.37. The molecule has 0 bridgehead atoms. The third-order valence-corrected chi connectivity index (χ3v) is 3.60. The molecule has 8 nitrogen and oxygen atoms in total. The van der Waals surface area contributed by atoms with E-state index in [2.05, 4.69) is 15.8 Å². The van der Waals surface area contributed by atoms with Gasteiger partial charge in [0.15, 0.2) is 5.11 Å². The number of nitro groups is 1. The van der Waals surface area contributed by atoms with Gasteiger partial charge in [-0.05, 0) is 42.4 Å². The van der Waals surface area contributed by atoms with Crippen molar-refractivity contribution in [1.82, 2.24) is 10.7 Å². The topological polar surface area (TPSA) is 112 Å². The average molecular weight is 358 g/mol. The Morgan fingerprint density at radius 1 is 1.61 bits per heavy atom. The minimum atomic E-state index is -0.785. The van der Waals surface area contributed by atoms with E-state index >= 15 is 0 Å². The summed E-state index contributed by atoms with van der Waals surface area (Å²) in [6, 6.07) is 2.30. The fourth-order valence-electron chi connectivity index (χ4n) is 2.04. The summed E-state index contributed by atoms with van der Waals surface area (Å²) < 4.78 is 5.43. The van der Waals surface area contributed by atoms with E-state index in [4.69, 9.17) is 28.6 Å². The summed E-state index contributed by atoms with van der Waals surface area (Å²) in [5, 5.41) is 29.7. The molecule has 1 heterocycles. The van der Waals surface area contributed by atoms with Crippen molar-refractivity contribution >= 4 is 40.8 Å². The lowest BCUT2D eigenvalue weighted by molar-refractivity contribution is -0.398. The number of ether oxygens (including phenoxy) is 1. The second-order valence-electron chi connectivity index (χ2n) is 4.82. The maximum Gasteiger partial charge on any atom is 0.263 e. The molecule has 0 spiro atoms. The maximum atomic E-state index is 11.9. The molecule has 1 fully saturated rings. The zero-order chi connectivity index (χ0) is 16.8. The summed E-state index contributed by atoms with van der Waals surface area (Å²) in [6.07, 6.45) is 3.28. The van der Waals surface area contributed by atoms with Gasteiger partial charge in [-0.15, -0.1) is 0 Å². The highest BCUT2D eigenvalue weighted by atomic mass is 35.5. The Bertz CT molecular complexity index is 635. The molecule has 2 rings (SSSR count). The second kappa shape index (κ2) is 8.04. The van der Waals surface area contributed by atoms with Crippen molar-refractivity contribution in [3.8, 4) is 5.75 Å². The summed E-state index contributed by atoms with van der Waals surface area (Å²) in [4.78, 5) is 9.98. The number of nitrogens with one attached hydrogen (secondary N) is 2. The Balaban J connectivity index is 1.92. The SMILES string of the molecule is O=[N+]([O-])c1cc(Cl)cc(/C=N\NC(=S)NC[C@H]2CCCO2)c1[O-]. The molecule has 124 valence electrons. The Morgan fingerprint density at radius 2 is 2.39 bits per heavy atom. The van der Waals surface area contributed by atoms with Crippen LogP contribution in [0.2, 0.25) is 5.02 Å². The standard InChI is InChI=1S/C13H15ClN4O4S/c14-9-4-8(12(19)11(5-9)18(20)21)6-16-17-13(23)15-7-10-2-1-3-22-10/h4-6,10,19H,1-3,7H2,(H2,15,17,23)/p-1/b16-6-/t10-/m1/s1. The molecule has 10 heteroatoms. The van der Waals surface area contributed by atoms with E-state index in [-0.39, 0.29) is 21.8 Å². The molecule has 1 aromatic rings. The van der Waals surface area contributed by atoms with Crippen molar-refractivity contribution < 1.29 is 14.8 Å². The normalized spacial score (nSPS) is 17.3. The van der Waals surface area contributed by atoms with Crippen molar-refractivity contribution in [1.29, 1.82) is 0 Å². The molecule has 23 heavy (non-hydrogen) atoms. The summed E-state index contributed by atoms with van der Waals surface area (Å²) in [7, 11) is 0. The van der Waals surface area contributed by atoms with E-state index < -0.39 is 16.4 Å². The van der Waals surface area contributed by atoms with Gasteiger partial charge in [0.1, 0.15) is 0 Å². The number of benzene rings is 1. The molecule has 2 N–H and O–H groups in total. The van der Waals surface area contributed by atoms with Crippen LogP contribution in [0.5, 0.6) is 5.75 Å². The summed E-state index contributed by atoms with van der Waals surface area (Å²) in [6.45, 7) is 1.32. The minimum absolute atomic E-state index is 0.00127. The predicted octanol–water partition coefficient (Wildman–Crippen LogP) is 1.30. The number of nitro benzene ring substituents is 1. The Hall–Kier alpha value is -1.97. The fourth-order valence-corrected chi connectivity index (χ4v) is 2.40. The molecule has 0 radical (unpaired) electrons. The molecule has 1 aromatic carbocycles. The molecular weight excluding hydrogens is 344 g/mol. The molecule has 1 aliphatic rings. The van der Waals surface area contributed by atoms with Crippen LogP contribution in [0.15, 0.2) is 17.2 Å². The molecule has 0 unspecified atom stereocenters. The monoisotopic (exact) mass is 357 g/mol. The number of rotatable bonds is 5. The smallest absolute Gasteiger partial charge is 0.263 e. The minimum Gasteiger partial charge on any atom is -0.867 e. The molecule has 0 aliphatic carbocycles. The first-order chi connectivity index (χ1) is 11.0. The Morgan fingerprint density at radius 3 is 3.04 bits per heavy atom. The fraction of sp³-hybridized carbons (Fsp3) is 0.385. The van der Waals surface area contributed by atoms with Crippen molar-refractivity contribution in [2.75, 3.05) is 13.2 Å². The highest BCUT2D eigenvalue weighted by Crippen LogP contribution is 2.29. The largest absolute Gasteiger partial charge is 0.867 e. The van der Waals surface area contributed by atoms with Crippen molar-refractivity contribution in [3.05, 3.63) is 32.8 Å². The van der Waals surface area contributed by atoms with Gasteiger partial charge < -0.3 is 15.2 Å². The third-order valence-electron chi connectivity index (χ3n) is 3.14. The molecule has 1 aliphatic heterocycles. The van der Waals surface area contributed by atoms with E-state index in [1.807, 2.05) is 0 Å². The Labute approximate surface area is 142 Å². The third kappa shape index (κ3) is 5.02. The average Bonchev–Trinajstić information content (AvgIpc) is 3.01. The predicted molar refractivity (Wildman–Crippen MR) is 87.9 cm³/mol. The van der Waals surface area contributed by atoms with E-state index in [1.165, 1.54) is 6.07 Å². The first-order valence-electron chi connectivity index (χ1n) is 6.81. The number of hydrogen-bond donors (Lipinski definition) is 2. The van der Waals surface area contributed by atoms with Crippen LogP contribution in [0.1, 0.15) is 18.4 Å². The van der Waals surface area contributed by atoms with Gasteiger partial charge in [0.05, 0.1) is 17.2 Å². The summed E-state index contributed by atoms with van der Waals surface area (Å²) in [5.74, 6) is -0.761. The lowest BCUT2D eigenvalue weighted by Gasteiger charge is -2.12. The van der Waals surface area contributed by atoms with Crippen LogP contribution < -0.4 is 15.8 Å². The van der Waals surface area contributed by atoms with Crippen molar-refractivity contribution in [2.24, 2.45) is 5.10 Å². The zero-order valence-electron chi connectivity index (χ0n) is 12.0. The summed E-state index contributed by atoms with van der Waals surface area (Å²) >= 11 is 10.8. The molecule has 0 saturated carbocycles. The molecule has 1 atom stereocenters. The van der Waals surface area contributed by atoms with E-state index in [0.717, 1.165) is 31.7 Å². The van der Waals surface area contributed by atoms with Gasteiger partial charge in [-0.2, -0.15) is 5.10 Å². The van der Waals surface area contributed by atoms with Crippen LogP contribution in [-0.2, 0) is 4.74 Å². The quantitative estimate of drug-likeness (QED) is 0.353. The van der Waals surface area contributed by atoms with Crippen molar-refractivity contribution in [3.63, 3.8) is 0 Å². The Kier molecular flexibility index (Phi) is 6.08. The van der Waals surface area contributed by atoms with Crippen LogP contribution in [-0.4, -0.2) is 35.5 Å². The van der Waals surface area contributed by atoms with Crippen LogP contribution in [0.25, 0.3) is 0 Å². The van der Waals surface area contributed by atoms with Gasteiger partial charge in [-0.3, -0.25) is 15.5 Å². The van der Waals surface area contributed by atoms with Gasteiger partial charge >= 0.3 is 0 Å². The van der Waals surface area contributed by atoms with Crippen LogP contribution in [0.3, 0.4) is 0 Å². The first kappa shape index (κ1) is 17.4. The van der Waals surface area contributed by atoms with Crippen LogP contribution in [0, 0.1) is 10.1 Å². The van der Waals surface area contributed by atoms with Gasteiger partial charge in [-0.1, -0.05) is 11.6 Å². The first-order valence-corrected chi connectivity index (χ1v) is 7.59. The van der Waals surface area contributed by atoms with Gasteiger partial charge in [0.25, 0.3) is 5.69 Å². The number of hydrazone groups is 1. The number of halogens is 1. The number of nitrogens with zero attached hydrogens (tertiary/aromatic N) is 2. The van der Waals surface area contributed by atoms with Gasteiger partial charge in [0, 0.05) is 24.2 Å². The highest BCUT2D eigenvalue weighted by Gasteiger charge is 2.15. The van der Waals surface area contributed by atoms with E-state index in [9.17, 15) is 15.2 Å².